The fourth-order valence-corrected chi connectivity index (χ4v) is 3.87. The van der Waals surface area contributed by atoms with Crippen molar-refractivity contribution in [2.24, 2.45) is 0 Å². The molecule has 1 atom stereocenters. The molecule has 148 valence electrons. The number of rotatable bonds is 8. The molecule has 1 aliphatic heterocycles. The van der Waals surface area contributed by atoms with E-state index >= 15 is 0 Å². The average Bonchev–Trinajstić information content (AvgIpc) is 3.36. The van der Waals surface area contributed by atoms with Gasteiger partial charge in [0.1, 0.15) is 17.7 Å². The van der Waals surface area contributed by atoms with Crippen LogP contribution in [0.15, 0.2) is 48.5 Å². The molecule has 0 amide bonds. The lowest BCUT2D eigenvalue weighted by atomic mass is 10.0. The van der Waals surface area contributed by atoms with Crippen LogP contribution in [0.3, 0.4) is 0 Å². The Bertz CT molecular complexity index is 893. The van der Waals surface area contributed by atoms with E-state index in [1.54, 1.807) is 0 Å². The summed E-state index contributed by atoms with van der Waals surface area (Å²) >= 11 is 0. The van der Waals surface area contributed by atoms with Crippen LogP contribution in [0.2, 0.25) is 0 Å². The molecule has 0 saturated carbocycles. The molecule has 1 unspecified atom stereocenters. The number of hydrogen-bond acceptors (Lipinski definition) is 3. The Kier molecular flexibility index (Phi) is 5.96. The Morgan fingerprint density at radius 2 is 1.93 bits per heavy atom. The van der Waals surface area contributed by atoms with Crippen molar-refractivity contribution in [2.45, 2.75) is 58.1 Å². The molecule has 1 aromatic heterocycles. The van der Waals surface area contributed by atoms with E-state index in [-0.39, 0.29) is 6.10 Å². The Labute approximate surface area is 167 Å². The standard InChI is InChI=1S/C24H30N2O2/c1-18(2)19-11-13-20(14-12-19)27-16-6-5-15-26-22-9-4-3-8-21(22)25-24(26)23-10-7-17-28-23/h3-4,8-9,11-14,18,23H,5-7,10,15-17H2,1-2H3. The fraction of sp³-hybridized carbons (Fsp3) is 0.458. The minimum Gasteiger partial charge on any atom is -0.494 e. The molecule has 1 aliphatic rings. The smallest absolute Gasteiger partial charge is 0.139 e. The lowest BCUT2D eigenvalue weighted by molar-refractivity contribution is 0.102. The maximum Gasteiger partial charge on any atom is 0.139 e. The molecular formula is C24H30N2O2. The third-order valence-electron chi connectivity index (χ3n) is 5.49. The van der Waals surface area contributed by atoms with Crippen LogP contribution in [0.5, 0.6) is 5.75 Å². The number of benzene rings is 2. The summed E-state index contributed by atoms with van der Waals surface area (Å²) in [6.45, 7) is 6.95. The van der Waals surface area contributed by atoms with Crippen LogP contribution in [0, 0.1) is 0 Å². The summed E-state index contributed by atoms with van der Waals surface area (Å²) in [5, 5.41) is 0. The summed E-state index contributed by atoms with van der Waals surface area (Å²) in [6.07, 6.45) is 4.41. The van der Waals surface area contributed by atoms with E-state index in [0.29, 0.717) is 5.92 Å². The minimum atomic E-state index is 0.142. The van der Waals surface area contributed by atoms with E-state index in [4.69, 9.17) is 14.5 Å². The van der Waals surface area contributed by atoms with Gasteiger partial charge < -0.3 is 14.0 Å². The quantitative estimate of drug-likeness (QED) is 0.460. The maximum atomic E-state index is 5.93. The second-order valence-electron chi connectivity index (χ2n) is 7.89. The molecule has 2 heterocycles. The molecule has 0 radical (unpaired) electrons. The highest BCUT2D eigenvalue weighted by Gasteiger charge is 2.24. The second-order valence-corrected chi connectivity index (χ2v) is 7.89. The first-order valence-corrected chi connectivity index (χ1v) is 10.5. The molecule has 0 N–H and O–H groups in total. The molecule has 4 nitrogen and oxygen atoms in total. The van der Waals surface area contributed by atoms with Crippen LogP contribution in [0.4, 0.5) is 0 Å². The highest BCUT2D eigenvalue weighted by Crippen LogP contribution is 2.30. The number of unbranched alkanes of at least 4 members (excludes halogenated alkanes) is 1. The van der Waals surface area contributed by atoms with Gasteiger partial charge in [-0.05, 0) is 61.4 Å². The van der Waals surface area contributed by atoms with E-state index < -0.39 is 0 Å². The van der Waals surface area contributed by atoms with Crippen molar-refractivity contribution in [2.75, 3.05) is 13.2 Å². The van der Waals surface area contributed by atoms with E-state index in [0.717, 1.165) is 62.5 Å². The number of para-hydroxylation sites is 2. The lowest BCUT2D eigenvalue weighted by Crippen LogP contribution is -2.10. The first kappa shape index (κ1) is 19.0. The van der Waals surface area contributed by atoms with Gasteiger partial charge in [0.2, 0.25) is 0 Å². The van der Waals surface area contributed by atoms with Gasteiger partial charge in [0.05, 0.1) is 17.6 Å². The highest BCUT2D eigenvalue weighted by atomic mass is 16.5. The van der Waals surface area contributed by atoms with Gasteiger partial charge in [-0.3, -0.25) is 0 Å². The number of aromatic nitrogens is 2. The fourth-order valence-electron chi connectivity index (χ4n) is 3.87. The molecular weight excluding hydrogens is 348 g/mol. The van der Waals surface area contributed by atoms with Crippen molar-refractivity contribution in [1.82, 2.24) is 9.55 Å². The number of ether oxygens (including phenoxy) is 2. The Morgan fingerprint density at radius 3 is 2.68 bits per heavy atom. The molecule has 3 aromatic rings. The van der Waals surface area contributed by atoms with Crippen molar-refractivity contribution >= 4 is 11.0 Å². The van der Waals surface area contributed by atoms with Gasteiger partial charge in [-0.1, -0.05) is 38.1 Å². The Hall–Kier alpha value is -2.33. The maximum absolute atomic E-state index is 5.93. The first-order valence-electron chi connectivity index (χ1n) is 10.5. The largest absolute Gasteiger partial charge is 0.494 e. The Balaban J connectivity index is 1.34. The van der Waals surface area contributed by atoms with Gasteiger partial charge in [-0.2, -0.15) is 0 Å². The molecule has 0 spiro atoms. The summed E-state index contributed by atoms with van der Waals surface area (Å²) in [6, 6.07) is 16.9. The second kappa shape index (κ2) is 8.78. The topological polar surface area (TPSA) is 36.3 Å². The van der Waals surface area contributed by atoms with E-state index in [1.807, 2.05) is 0 Å². The number of imidazole rings is 1. The van der Waals surface area contributed by atoms with Crippen molar-refractivity contribution < 1.29 is 9.47 Å². The monoisotopic (exact) mass is 378 g/mol. The van der Waals surface area contributed by atoms with E-state index in [2.05, 4.69) is 66.9 Å². The summed E-state index contributed by atoms with van der Waals surface area (Å²) in [7, 11) is 0. The van der Waals surface area contributed by atoms with E-state index in [1.165, 1.54) is 11.1 Å². The van der Waals surface area contributed by atoms with E-state index in [9.17, 15) is 0 Å². The predicted molar refractivity (Wildman–Crippen MR) is 113 cm³/mol. The summed E-state index contributed by atoms with van der Waals surface area (Å²) in [5.74, 6) is 2.60. The third-order valence-corrected chi connectivity index (χ3v) is 5.49. The van der Waals surface area contributed by atoms with Gasteiger partial charge >= 0.3 is 0 Å². The van der Waals surface area contributed by atoms with Crippen molar-refractivity contribution in [3.8, 4) is 5.75 Å². The summed E-state index contributed by atoms with van der Waals surface area (Å²) in [4.78, 5) is 4.87. The van der Waals surface area contributed by atoms with Crippen LogP contribution in [0.1, 0.15) is 62.9 Å². The summed E-state index contributed by atoms with van der Waals surface area (Å²) in [5.41, 5.74) is 3.62. The number of fused-ring (bicyclic) bond motifs is 1. The zero-order chi connectivity index (χ0) is 19.3. The SMILES string of the molecule is CC(C)c1ccc(OCCCCn2c(C3CCCO3)nc3ccccc32)cc1. The first-order chi connectivity index (χ1) is 13.7. The minimum absolute atomic E-state index is 0.142. The molecule has 4 rings (SSSR count). The van der Waals surface area contributed by atoms with Crippen LogP contribution >= 0.6 is 0 Å². The Morgan fingerprint density at radius 1 is 1.11 bits per heavy atom. The average molecular weight is 379 g/mol. The molecule has 2 aromatic carbocycles. The van der Waals surface area contributed by atoms with Gasteiger partial charge in [-0.15, -0.1) is 0 Å². The predicted octanol–water partition coefficient (Wildman–Crippen LogP) is 5.87. The van der Waals surface area contributed by atoms with Crippen molar-refractivity contribution in [1.29, 1.82) is 0 Å². The number of aryl methyl sites for hydroxylation is 1. The number of nitrogens with zero attached hydrogens (tertiary/aromatic N) is 2. The van der Waals surface area contributed by atoms with Gasteiger partial charge in [0, 0.05) is 13.2 Å². The molecule has 4 heteroatoms. The van der Waals surface area contributed by atoms with Gasteiger partial charge in [-0.25, -0.2) is 4.98 Å². The molecule has 1 saturated heterocycles. The van der Waals surface area contributed by atoms with Crippen molar-refractivity contribution in [3.63, 3.8) is 0 Å². The highest BCUT2D eigenvalue weighted by molar-refractivity contribution is 5.76. The third kappa shape index (κ3) is 4.22. The normalized spacial score (nSPS) is 16.9. The lowest BCUT2D eigenvalue weighted by Gasteiger charge is -2.14. The molecule has 28 heavy (non-hydrogen) atoms. The van der Waals surface area contributed by atoms with Gasteiger partial charge in [0.15, 0.2) is 0 Å². The van der Waals surface area contributed by atoms with Crippen LogP contribution in [0.25, 0.3) is 11.0 Å². The van der Waals surface area contributed by atoms with Crippen molar-refractivity contribution in [3.05, 3.63) is 59.9 Å². The molecule has 0 aliphatic carbocycles. The van der Waals surface area contributed by atoms with Crippen LogP contribution in [-0.2, 0) is 11.3 Å². The molecule has 0 bridgehead atoms. The van der Waals surface area contributed by atoms with Crippen LogP contribution < -0.4 is 4.74 Å². The van der Waals surface area contributed by atoms with Crippen LogP contribution in [-0.4, -0.2) is 22.8 Å². The zero-order valence-corrected chi connectivity index (χ0v) is 16.9. The summed E-state index contributed by atoms with van der Waals surface area (Å²) < 4.78 is 14.2. The number of hydrogen-bond donors (Lipinski definition) is 0. The van der Waals surface area contributed by atoms with Gasteiger partial charge in [0.25, 0.3) is 0 Å². The molecule has 1 fully saturated rings. The zero-order valence-electron chi connectivity index (χ0n) is 16.9.